The maximum Gasteiger partial charge on any atom is 0.177 e. The summed E-state index contributed by atoms with van der Waals surface area (Å²) >= 11 is 1.60. The van der Waals surface area contributed by atoms with Gasteiger partial charge in [0.15, 0.2) is 5.78 Å². The lowest BCUT2D eigenvalue weighted by molar-refractivity contribution is 0.0997. The minimum absolute atomic E-state index is 0.0453. The van der Waals surface area contributed by atoms with Crippen molar-refractivity contribution in [2.45, 2.75) is 52.9 Å². The van der Waals surface area contributed by atoms with Crippen LogP contribution < -0.4 is 4.90 Å². The fourth-order valence-corrected chi connectivity index (χ4v) is 5.98. The molecule has 3 aromatic heterocycles. The van der Waals surface area contributed by atoms with Crippen LogP contribution in [0.4, 0.5) is 5.69 Å². The van der Waals surface area contributed by atoms with E-state index in [1.54, 1.807) is 16.0 Å². The van der Waals surface area contributed by atoms with E-state index in [4.69, 9.17) is 0 Å². The molecule has 0 saturated carbocycles. The van der Waals surface area contributed by atoms with Crippen molar-refractivity contribution in [2.75, 3.05) is 37.6 Å². The molecular formula is C31H38N6OS. The topological polar surface area (TPSA) is 67.2 Å². The SMILES string of the molecule is CCCN1CCN(c2cncc(-c3cn(-c4cc(CC(=O)c5ccc(C(C)(C)C)s5)ccc4C)nn3)c2)CC1. The van der Waals surface area contributed by atoms with Crippen LogP contribution in [0.1, 0.15) is 59.8 Å². The summed E-state index contributed by atoms with van der Waals surface area (Å²) in [5.41, 5.74) is 5.87. The van der Waals surface area contributed by atoms with Gasteiger partial charge in [-0.1, -0.05) is 45.0 Å². The molecule has 0 N–H and O–H groups in total. The summed E-state index contributed by atoms with van der Waals surface area (Å²) in [7, 11) is 0. The van der Waals surface area contributed by atoms with E-state index >= 15 is 0 Å². The number of carbonyl (C=O) groups is 1. The number of thiophene rings is 1. The van der Waals surface area contributed by atoms with Gasteiger partial charge in [-0.05, 0) is 60.7 Å². The number of carbonyl (C=O) groups excluding carboxylic acids is 1. The second kappa shape index (κ2) is 11.4. The zero-order valence-electron chi connectivity index (χ0n) is 23.6. The van der Waals surface area contributed by atoms with E-state index < -0.39 is 0 Å². The van der Waals surface area contributed by atoms with Crippen LogP contribution in [-0.4, -0.2) is 63.4 Å². The van der Waals surface area contributed by atoms with E-state index in [1.807, 2.05) is 30.7 Å². The van der Waals surface area contributed by atoms with Gasteiger partial charge in [0.2, 0.25) is 0 Å². The van der Waals surface area contributed by atoms with E-state index in [2.05, 4.69) is 84.0 Å². The fraction of sp³-hybridized carbons (Fsp3) is 0.419. The molecule has 0 unspecified atom stereocenters. The van der Waals surface area contributed by atoms with Crippen molar-refractivity contribution in [1.29, 1.82) is 0 Å². The molecule has 1 fully saturated rings. The molecule has 5 rings (SSSR count). The Morgan fingerprint density at radius 1 is 1.03 bits per heavy atom. The summed E-state index contributed by atoms with van der Waals surface area (Å²) in [6.07, 6.45) is 7.28. The van der Waals surface area contributed by atoms with Crippen molar-refractivity contribution in [1.82, 2.24) is 24.9 Å². The molecule has 0 radical (unpaired) electrons. The van der Waals surface area contributed by atoms with Gasteiger partial charge in [-0.2, -0.15) is 0 Å². The summed E-state index contributed by atoms with van der Waals surface area (Å²) in [5.74, 6) is 0.142. The Bertz CT molecular complexity index is 1440. The van der Waals surface area contributed by atoms with Crippen LogP contribution in [0, 0.1) is 6.92 Å². The molecule has 1 aromatic carbocycles. The molecule has 4 heterocycles. The van der Waals surface area contributed by atoms with E-state index in [-0.39, 0.29) is 11.2 Å². The van der Waals surface area contributed by atoms with Gasteiger partial charge in [-0.3, -0.25) is 14.7 Å². The second-order valence-corrected chi connectivity index (χ2v) is 12.5. The predicted molar refractivity (Wildman–Crippen MR) is 159 cm³/mol. The number of ketones is 1. The molecule has 1 saturated heterocycles. The molecule has 1 aliphatic heterocycles. The first-order valence-corrected chi connectivity index (χ1v) is 14.6. The molecule has 0 spiro atoms. The van der Waals surface area contributed by atoms with E-state index in [0.717, 1.165) is 71.4 Å². The van der Waals surface area contributed by atoms with Crippen LogP contribution in [0.3, 0.4) is 0 Å². The minimum Gasteiger partial charge on any atom is -0.368 e. The summed E-state index contributed by atoms with van der Waals surface area (Å²) in [5, 5.41) is 8.91. The number of aryl methyl sites for hydroxylation is 1. The molecule has 0 bridgehead atoms. The third-order valence-corrected chi connectivity index (χ3v) is 8.85. The molecule has 1 aliphatic rings. The van der Waals surface area contributed by atoms with E-state index in [9.17, 15) is 4.79 Å². The van der Waals surface area contributed by atoms with Crippen molar-refractivity contribution >= 4 is 22.8 Å². The number of pyridine rings is 1. The second-order valence-electron chi connectivity index (χ2n) is 11.4. The zero-order valence-corrected chi connectivity index (χ0v) is 24.5. The molecule has 39 heavy (non-hydrogen) atoms. The third-order valence-electron chi connectivity index (χ3n) is 7.30. The largest absolute Gasteiger partial charge is 0.368 e. The number of aromatic nitrogens is 4. The standard InChI is InChI=1S/C31H38N6OS/c1-6-11-35-12-14-36(15-13-35)25-18-24(19-32-20-25)26-21-37(34-33-26)27-16-23(8-7-22(27)2)17-28(38)29-9-10-30(39-29)31(3,4)5/h7-10,16,18-21H,6,11-15,17H2,1-5H3. The maximum absolute atomic E-state index is 13.1. The van der Waals surface area contributed by atoms with Crippen LogP contribution >= 0.6 is 11.3 Å². The highest BCUT2D eigenvalue weighted by molar-refractivity contribution is 7.14. The van der Waals surface area contributed by atoms with Gasteiger partial charge < -0.3 is 4.90 Å². The Morgan fingerprint density at radius 3 is 2.54 bits per heavy atom. The normalized spacial score (nSPS) is 14.6. The zero-order chi connectivity index (χ0) is 27.6. The number of Topliss-reactive ketones (excluding diaryl/α,β-unsaturated/α-hetero) is 1. The summed E-state index contributed by atoms with van der Waals surface area (Å²) in [6.45, 7) is 16.1. The molecule has 4 aromatic rings. The lowest BCUT2D eigenvalue weighted by Crippen LogP contribution is -2.46. The lowest BCUT2D eigenvalue weighted by Gasteiger charge is -2.35. The van der Waals surface area contributed by atoms with Gasteiger partial charge in [0.05, 0.1) is 28.6 Å². The predicted octanol–water partition coefficient (Wildman–Crippen LogP) is 5.95. The Balaban J connectivity index is 1.31. The highest BCUT2D eigenvalue weighted by atomic mass is 32.1. The van der Waals surface area contributed by atoms with E-state index in [1.165, 1.54) is 11.3 Å². The molecule has 204 valence electrons. The molecule has 0 amide bonds. The molecule has 0 aliphatic carbocycles. The first-order chi connectivity index (χ1) is 18.7. The van der Waals surface area contributed by atoms with Crippen LogP contribution in [0.2, 0.25) is 0 Å². The van der Waals surface area contributed by atoms with Crippen LogP contribution in [0.25, 0.3) is 16.9 Å². The number of benzene rings is 1. The van der Waals surface area contributed by atoms with Gasteiger partial charge >= 0.3 is 0 Å². The lowest BCUT2D eigenvalue weighted by atomic mass is 9.95. The summed E-state index contributed by atoms with van der Waals surface area (Å²) in [4.78, 5) is 24.5. The van der Waals surface area contributed by atoms with Crippen LogP contribution in [0.5, 0.6) is 0 Å². The van der Waals surface area contributed by atoms with Crippen molar-refractivity contribution in [3.8, 4) is 16.9 Å². The maximum atomic E-state index is 13.1. The number of hydrogen-bond acceptors (Lipinski definition) is 7. The first kappa shape index (κ1) is 27.2. The third kappa shape index (κ3) is 6.28. The quantitative estimate of drug-likeness (QED) is 0.256. The monoisotopic (exact) mass is 542 g/mol. The summed E-state index contributed by atoms with van der Waals surface area (Å²) in [6, 6.07) is 12.3. The average Bonchev–Trinajstić information content (AvgIpc) is 3.61. The Labute approximate surface area is 235 Å². The van der Waals surface area contributed by atoms with E-state index in [0.29, 0.717) is 6.42 Å². The van der Waals surface area contributed by atoms with Crippen molar-refractivity contribution in [3.05, 3.63) is 75.9 Å². The molecule has 7 nitrogen and oxygen atoms in total. The number of anilines is 1. The molecular weight excluding hydrogens is 504 g/mol. The van der Waals surface area contributed by atoms with Crippen molar-refractivity contribution in [3.63, 3.8) is 0 Å². The first-order valence-electron chi connectivity index (χ1n) is 13.8. The number of nitrogens with zero attached hydrogens (tertiary/aromatic N) is 6. The molecule has 0 atom stereocenters. The smallest absolute Gasteiger partial charge is 0.177 e. The van der Waals surface area contributed by atoms with Gasteiger partial charge in [0.25, 0.3) is 0 Å². The average molecular weight is 543 g/mol. The van der Waals surface area contributed by atoms with Crippen LogP contribution in [-0.2, 0) is 11.8 Å². The number of piperazine rings is 1. The number of hydrogen-bond donors (Lipinski definition) is 0. The minimum atomic E-state index is 0.0453. The highest BCUT2D eigenvalue weighted by Gasteiger charge is 2.20. The highest BCUT2D eigenvalue weighted by Crippen LogP contribution is 2.30. The van der Waals surface area contributed by atoms with Gasteiger partial charge in [-0.15, -0.1) is 16.4 Å². The number of rotatable bonds is 8. The van der Waals surface area contributed by atoms with Crippen LogP contribution in [0.15, 0.2) is 55.0 Å². The van der Waals surface area contributed by atoms with Gasteiger partial charge in [0, 0.05) is 49.2 Å². The summed E-state index contributed by atoms with van der Waals surface area (Å²) < 4.78 is 1.80. The Hall–Kier alpha value is -3.36. The fourth-order valence-electron chi connectivity index (χ4n) is 4.98. The molecule has 8 heteroatoms. The van der Waals surface area contributed by atoms with Gasteiger partial charge in [0.1, 0.15) is 5.69 Å². The van der Waals surface area contributed by atoms with Gasteiger partial charge in [-0.25, -0.2) is 4.68 Å². The van der Waals surface area contributed by atoms with Crippen molar-refractivity contribution in [2.24, 2.45) is 0 Å². The Morgan fingerprint density at radius 2 is 1.82 bits per heavy atom. The van der Waals surface area contributed by atoms with Crippen molar-refractivity contribution < 1.29 is 4.79 Å². The Kier molecular flexibility index (Phi) is 7.96.